The van der Waals surface area contributed by atoms with E-state index in [2.05, 4.69) is 40.7 Å². The third-order valence-electron chi connectivity index (χ3n) is 2.30. The van der Waals surface area contributed by atoms with Crippen molar-refractivity contribution in [1.82, 2.24) is 0 Å². The van der Waals surface area contributed by atoms with Gasteiger partial charge in [-0.2, -0.15) is 0 Å². The van der Waals surface area contributed by atoms with Crippen molar-refractivity contribution in [3.63, 3.8) is 0 Å². The molecule has 0 aromatic rings. The van der Waals surface area contributed by atoms with Crippen molar-refractivity contribution in [2.75, 3.05) is 0 Å². The summed E-state index contributed by atoms with van der Waals surface area (Å²) in [6.45, 7) is 11.3. The second kappa shape index (κ2) is 5.40. The molecule has 0 rings (SSSR count). The van der Waals surface area contributed by atoms with Crippen molar-refractivity contribution < 1.29 is 0 Å². The largest absolute Gasteiger partial charge is 0.0851 e. The third kappa shape index (κ3) is 5.06. The Balaban J connectivity index is 3.79. The van der Waals surface area contributed by atoms with Crippen LogP contribution in [0.3, 0.4) is 0 Å². The molecule has 0 nitrogen and oxygen atoms in total. The standard InChI is InChI=1S/C11H22/c1-6-10(4)11(5)8-7-9(2)3/h8-10H,6-7H2,1-5H3. The molecule has 0 aromatic carbocycles. The number of hydrogen-bond donors (Lipinski definition) is 0. The zero-order valence-corrected chi connectivity index (χ0v) is 8.65. The molecule has 0 saturated heterocycles. The first-order valence-electron chi connectivity index (χ1n) is 4.74. The Morgan fingerprint density at radius 3 is 2.18 bits per heavy atom. The van der Waals surface area contributed by atoms with Crippen LogP contribution >= 0.6 is 0 Å². The summed E-state index contributed by atoms with van der Waals surface area (Å²) in [5.74, 6) is 1.57. The third-order valence-corrected chi connectivity index (χ3v) is 2.30. The van der Waals surface area contributed by atoms with Crippen molar-refractivity contribution in [2.24, 2.45) is 11.8 Å². The first-order valence-corrected chi connectivity index (χ1v) is 4.74. The summed E-state index contributed by atoms with van der Waals surface area (Å²) in [7, 11) is 0. The highest BCUT2D eigenvalue weighted by Crippen LogP contribution is 2.15. The van der Waals surface area contributed by atoms with Crippen molar-refractivity contribution in [3.8, 4) is 0 Å². The molecule has 0 fully saturated rings. The van der Waals surface area contributed by atoms with E-state index in [-0.39, 0.29) is 0 Å². The first kappa shape index (κ1) is 10.7. The van der Waals surface area contributed by atoms with E-state index in [1.54, 1.807) is 5.57 Å². The Labute approximate surface area is 71.7 Å². The maximum absolute atomic E-state index is 2.39. The summed E-state index contributed by atoms with van der Waals surface area (Å²) < 4.78 is 0. The van der Waals surface area contributed by atoms with Crippen molar-refractivity contribution in [3.05, 3.63) is 11.6 Å². The Morgan fingerprint density at radius 1 is 1.27 bits per heavy atom. The zero-order valence-electron chi connectivity index (χ0n) is 8.65. The van der Waals surface area contributed by atoms with Gasteiger partial charge in [-0.3, -0.25) is 0 Å². The van der Waals surface area contributed by atoms with Crippen LogP contribution in [0.2, 0.25) is 0 Å². The van der Waals surface area contributed by atoms with Gasteiger partial charge in [0.25, 0.3) is 0 Å². The molecule has 0 aliphatic carbocycles. The Morgan fingerprint density at radius 2 is 1.82 bits per heavy atom. The van der Waals surface area contributed by atoms with Gasteiger partial charge >= 0.3 is 0 Å². The SMILES string of the molecule is CCC(C)C(C)=CCC(C)C. The lowest BCUT2D eigenvalue weighted by Gasteiger charge is -2.09. The normalized spacial score (nSPS) is 15.6. The molecule has 0 aliphatic rings. The van der Waals surface area contributed by atoms with Crippen LogP contribution in [0.1, 0.15) is 47.5 Å². The van der Waals surface area contributed by atoms with Crippen molar-refractivity contribution >= 4 is 0 Å². The zero-order chi connectivity index (χ0) is 8.85. The smallest absolute Gasteiger partial charge is 0.0237 e. The van der Waals surface area contributed by atoms with E-state index in [0.717, 1.165) is 11.8 Å². The second-order valence-electron chi connectivity index (χ2n) is 3.89. The van der Waals surface area contributed by atoms with Gasteiger partial charge in [0.15, 0.2) is 0 Å². The Hall–Kier alpha value is -0.260. The van der Waals surface area contributed by atoms with Crippen molar-refractivity contribution in [1.29, 1.82) is 0 Å². The quantitative estimate of drug-likeness (QED) is 0.536. The monoisotopic (exact) mass is 154 g/mol. The van der Waals surface area contributed by atoms with E-state index >= 15 is 0 Å². The van der Waals surface area contributed by atoms with Gasteiger partial charge in [-0.05, 0) is 31.6 Å². The van der Waals surface area contributed by atoms with Crippen LogP contribution in [0.4, 0.5) is 0 Å². The van der Waals surface area contributed by atoms with Crippen molar-refractivity contribution in [2.45, 2.75) is 47.5 Å². The van der Waals surface area contributed by atoms with Gasteiger partial charge in [-0.1, -0.05) is 39.3 Å². The minimum absolute atomic E-state index is 0.772. The highest BCUT2D eigenvalue weighted by atomic mass is 14.1. The van der Waals surface area contributed by atoms with Gasteiger partial charge in [0.2, 0.25) is 0 Å². The summed E-state index contributed by atoms with van der Waals surface area (Å²) in [6, 6.07) is 0. The summed E-state index contributed by atoms with van der Waals surface area (Å²) in [5, 5.41) is 0. The fourth-order valence-corrected chi connectivity index (χ4v) is 0.945. The van der Waals surface area contributed by atoms with Crippen LogP contribution in [0, 0.1) is 11.8 Å². The lowest BCUT2D eigenvalue weighted by molar-refractivity contribution is 0.625. The molecule has 0 amide bonds. The average molecular weight is 154 g/mol. The predicted molar refractivity (Wildman–Crippen MR) is 52.7 cm³/mol. The molecule has 11 heavy (non-hydrogen) atoms. The molecule has 0 heterocycles. The topological polar surface area (TPSA) is 0 Å². The van der Waals surface area contributed by atoms with Gasteiger partial charge in [-0.15, -0.1) is 0 Å². The van der Waals surface area contributed by atoms with E-state index in [9.17, 15) is 0 Å². The maximum atomic E-state index is 2.39. The van der Waals surface area contributed by atoms with Gasteiger partial charge in [0, 0.05) is 0 Å². The number of rotatable bonds is 4. The molecule has 0 aromatic heterocycles. The molecular formula is C11H22. The van der Waals surface area contributed by atoms with Gasteiger partial charge in [0.1, 0.15) is 0 Å². The fraction of sp³-hybridized carbons (Fsp3) is 0.818. The number of allylic oxidation sites excluding steroid dienone is 2. The highest BCUT2D eigenvalue weighted by molar-refractivity contribution is 5.01. The summed E-state index contributed by atoms with van der Waals surface area (Å²) in [5.41, 5.74) is 1.56. The van der Waals surface area contributed by atoms with Crippen LogP contribution in [-0.4, -0.2) is 0 Å². The Kier molecular flexibility index (Phi) is 5.27. The van der Waals surface area contributed by atoms with Gasteiger partial charge < -0.3 is 0 Å². The first-order chi connectivity index (χ1) is 5.07. The second-order valence-corrected chi connectivity index (χ2v) is 3.89. The van der Waals surface area contributed by atoms with Gasteiger partial charge in [0.05, 0.1) is 0 Å². The molecule has 0 heteroatoms. The Bertz CT molecular complexity index is 120. The van der Waals surface area contributed by atoms with E-state index < -0.39 is 0 Å². The van der Waals surface area contributed by atoms with Crippen LogP contribution in [0.25, 0.3) is 0 Å². The average Bonchev–Trinajstić information content (AvgIpc) is 1.98. The molecule has 0 aliphatic heterocycles. The highest BCUT2D eigenvalue weighted by Gasteiger charge is 2.00. The van der Waals surface area contributed by atoms with E-state index in [1.807, 2.05) is 0 Å². The van der Waals surface area contributed by atoms with E-state index in [4.69, 9.17) is 0 Å². The minimum atomic E-state index is 0.772. The molecule has 66 valence electrons. The minimum Gasteiger partial charge on any atom is -0.0851 e. The molecule has 1 unspecified atom stereocenters. The molecule has 0 radical (unpaired) electrons. The molecule has 0 bridgehead atoms. The van der Waals surface area contributed by atoms with Gasteiger partial charge in [-0.25, -0.2) is 0 Å². The van der Waals surface area contributed by atoms with E-state index in [0.29, 0.717) is 0 Å². The molecule has 1 atom stereocenters. The van der Waals surface area contributed by atoms with E-state index in [1.165, 1.54) is 12.8 Å². The summed E-state index contributed by atoms with van der Waals surface area (Å²) >= 11 is 0. The number of hydrogen-bond acceptors (Lipinski definition) is 0. The summed E-state index contributed by atoms with van der Waals surface area (Å²) in [4.78, 5) is 0. The molecule has 0 N–H and O–H groups in total. The van der Waals surface area contributed by atoms with Crippen LogP contribution < -0.4 is 0 Å². The summed E-state index contributed by atoms with van der Waals surface area (Å²) in [6.07, 6.45) is 4.88. The molecule has 0 spiro atoms. The predicted octanol–water partition coefficient (Wildman–Crippen LogP) is 4.02. The maximum Gasteiger partial charge on any atom is -0.0237 e. The molecule has 0 saturated carbocycles. The van der Waals surface area contributed by atoms with Crippen LogP contribution in [0.5, 0.6) is 0 Å². The fourth-order valence-electron chi connectivity index (χ4n) is 0.945. The lowest BCUT2D eigenvalue weighted by Crippen LogP contribution is -1.94. The van der Waals surface area contributed by atoms with Crippen LogP contribution in [-0.2, 0) is 0 Å². The lowest BCUT2D eigenvalue weighted by atomic mass is 9.97. The molecular weight excluding hydrogens is 132 g/mol. The van der Waals surface area contributed by atoms with Crippen LogP contribution in [0.15, 0.2) is 11.6 Å².